The first-order chi connectivity index (χ1) is 14.1. The van der Waals surface area contributed by atoms with Crippen LogP contribution in [0, 0.1) is 11.6 Å². The Hall–Kier alpha value is -2.80. The third kappa shape index (κ3) is 4.45. The van der Waals surface area contributed by atoms with E-state index in [9.17, 15) is 13.6 Å². The van der Waals surface area contributed by atoms with Crippen LogP contribution in [-0.2, 0) is 4.79 Å². The zero-order valence-electron chi connectivity index (χ0n) is 15.7. The van der Waals surface area contributed by atoms with Crippen LogP contribution in [0.15, 0.2) is 53.9 Å². The van der Waals surface area contributed by atoms with Crippen molar-refractivity contribution in [2.75, 3.05) is 13.2 Å². The zero-order valence-corrected chi connectivity index (χ0v) is 16.5. The molecule has 2 aromatic carbocycles. The predicted molar refractivity (Wildman–Crippen MR) is 108 cm³/mol. The molecule has 0 bridgehead atoms. The minimum absolute atomic E-state index is 0.0259. The van der Waals surface area contributed by atoms with E-state index >= 15 is 0 Å². The molecule has 1 saturated heterocycles. The Morgan fingerprint density at radius 2 is 1.97 bits per heavy atom. The van der Waals surface area contributed by atoms with Gasteiger partial charge in [-0.1, -0.05) is 18.2 Å². The molecule has 0 N–H and O–H groups in total. The first kappa shape index (κ1) is 19.5. The number of thiazole rings is 1. The van der Waals surface area contributed by atoms with Gasteiger partial charge in [0.05, 0.1) is 11.7 Å². The number of piperidine rings is 1. The summed E-state index contributed by atoms with van der Waals surface area (Å²) in [6.45, 7) is 0.629. The summed E-state index contributed by atoms with van der Waals surface area (Å²) in [7, 11) is 0. The minimum Gasteiger partial charge on any atom is -0.484 e. The Morgan fingerprint density at radius 1 is 1.14 bits per heavy atom. The lowest BCUT2D eigenvalue weighted by Crippen LogP contribution is -2.41. The van der Waals surface area contributed by atoms with Gasteiger partial charge in [-0.2, -0.15) is 0 Å². The Kier molecular flexibility index (Phi) is 5.85. The zero-order chi connectivity index (χ0) is 20.2. The maximum Gasteiger partial charge on any atom is 0.261 e. The number of likely N-dealkylation sites (tertiary alicyclic amines) is 1. The second-order valence-corrected chi connectivity index (χ2v) is 7.79. The van der Waals surface area contributed by atoms with Crippen molar-refractivity contribution in [3.05, 3.63) is 70.6 Å². The molecule has 7 heteroatoms. The smallest absolute Gasteiger partial charge is 0.261 e. The standard InChI is InChI=1S/C22H20F2N2O2S/c23-17-10-9-15(12-18(17)24)19-14-29-22(25-19)20-8-4-5-11-26(20)21(27)13-28-16-6-2-1-3-7-16/h1-3,6-7,9-10,12,14,20H,4-5,8,11,13H2/t20-/m1/s1. The van der Waals surface area contributed by atoms with Crippen molar-refractivity contribution in [3.8, 4) is 17.0 Å². The summed E-state index contributed by atoms with van der Waals surface area (Å²) >= 11 is 1.43. The number of carbonyl (C=O) groups is 1. The highest BCUT2D eigenvalue weighted by atomic mass is 32.1. The molecule has 3 aromatic rings. The monoisotopic (exact) mass is 414 g/mol. The van der Waals surface area contributed by atoms with Crippen molar-refractivity contribution < 1.29 is 18.3 Å². The van der Waals surface area contributed by atoms with Gasteiger partial charge in [-0.15, -0.1) is 11.3 Å². The number of hydrogen-bond acceptors (Lipinski definition) is 4. The molecule has 29 heavy (non-hydrogen) atoms. The number of halogens is 2. The molecule has 1 amide bonds. The summed E-state index contributed by atoms with van der Waals surface area (Å²) in [5.74, 6) is -1.20. The van der Waals surface area contributed by atoms with Crippen molar-refractivity contribution in [1.29, 1.82) is 0 Å². The summed E-state index contributed by atoms with van der Waals surface area (Å²) < 4.78 is 32.4. The molecule has 150 valence electrons. The Morgan fingerprint density at radius 3 is 2.76 bits per heavy atom. The molecule has 1 aromatic heterocycles. The van der Waals surface area contributed by atoms with E-state index in [4.69, 9.17) is 4.74 Å². The van der Waals surface area contributed by atoms with Gasteiger partial charge < -0.3 is 9.64 Å². The molecule has 0 aliphatic carbocycles. The van der Waals surface area contributed by atoms with Crippen molar-refractivity contribution in [2.45, 2.75) is 25.3 Å². The summed E-state index contributed by atoms with van der Waals surface area (Å²) in [4.78, 5) is 19.2. The first-order valence-corrected chi connectivity index (χ1v) is 10.4. The summed E-state index contributed by atoms with van der Waals surface area (Å²) in [5, 5.41) is 2.62. The van der Waals surface area contributed by atoms with Gasteiger partial charge in [0, 0.05) is 17.5 Å². The van der Waals surface area contributed by atoms with Crippen LogP contribution in [0.5, 0.6) is 5.75 Å². The van der Waals surface area contributed by atoms with Gasteiger partial charge in [0.15, 0.2) is 18.2 Å². The van der Waals surface area contributed by atoms with Crippen LogP contribution in [0.1, 0.15) is 30.3 Å². The first-order valence-electron chi connectivity index (χ1n) is 9.50. The minimum atomic E-state index is -0.899. The number of aromatic nitrogens is 1. The lowest BCUT2D eigenvalue weighted by molar-refractivity contribution is -0.137. The number of para-hydroxylation sites is 1. The highest BCUT2D eigenvalue weighted by molar-refractivity contribution is 7.10. The fourth-order valence-electron chi connectivity index (χ4n) is 3.46. The lowest BCUT2D eigenvalue weighted by Gasteiger charge is -2.34. The number of amides is 1. The molecule has 0 spiro atoms. The molecule has 1 atom stereocenters. The molecule has 1 aliphatic heterocycles. The van der Waals surface area contributed by atoms with E-state index in [1.807, 2.05) is 40.6 Å². The van der Waals surface area contributed by atoms with Gasteiger partial charge in [0.1, 0.15) is 10.8 Å². The number of rotatable bonds is 5. The predicted octanol–water partition coefficient (Wildman–Crippen LogP) is 5.22. The molecular formula is C22H20F2N2O2S. The van der Waals surface area contributed by atoms with E-state index in [-0.39, 0.29) is 18.6 Å². The van der Waals surface area contributed by atoms with Crippen LogP contribution in [0.2, 0.25) is 0 Å². The fraction of sp³-hybridized carbons (Fsp3) is 0.273. The second kappa shape index (κ2) is 8.69. The highest BCUT2D eigenvalue weighted by Gasteiger charge is 2.30. The third-order valence-corrected chi connectivity index (χ3v) is 5.90. The normalized spacial score (nSPS) is 16.6. The molecule has 4 rings (SSSR count). The van der Waals surface area contributed by atoms with Crippen molar-refractivity contribution >= 4 is 17.2 Å². The number of carbonyl (C=O) groups excluding carboxylic acids is 1. The van der Waals surface area contributed by atoms with Crippen molar-refractivity contribution in [3.63, 3.8) is 0 Å². The molecule has 0 unspecified atom stereocenters. The van der Waals surface area contributed by atoms with Gasteiger partial charge in [-0.25, -0.2) is 13.8 Å². The van der Waals surface area contributed by atoms with Crippen molar-refractivity contribution in [1.82, 2.24) is 9.88 Å². The van der Waals surface area contributed by atoms with E-state index in [1.54, 1.807) is 0 Å². The van der Waals surface area contributed by atoms with Gasteiger partial charge >= 0.3 is 0 Å². The quantitative estimate of drug-likeness (QED) is 0.575. The van der Waals surface area contributed by atoms with Gasteiger partial charge in [-0.3, -0.25) is 4.79 Å². The maximum atomic E-state index is 13.6. The Bertz CT molecular complexity index is 993. The van der Waals surface area contributed by atoms with Gasteiger partial charge in [0.25, 0.3) is 5.91 Å². The molecule has 1 aliphatic rings. The van der Waals surface area contributed by atoms with Gasteiger partial charge in [-0.05, 0) is 49.6 Å². The Labute approximate surface area is 171 Å². The van der Waals surface area contributed by atoms with Gasteiger partial charge in [0.2, 0.25) is 0 Å². The molecule has 0 saturated carbocycles. The average Bonchev–Trinajstić information content (AvgIpc) is 3.25. The van der Waals surface area contributed by atoms with Crippen LogP contribution in [-0.4, -0.2) is 28.9 Å². The molecule has 1 fully saturated rings. The number of nitrogens with zero attached hydrogens (tertiary/aromatic N) is 2. The van der Waals surface area contributed by atoms with Crippen LogP contribution < -0.4 is 4.74 Å². The average molecular weight is 414 g/mol. The SMILES string of the molecule is O=C(COc1ccccc1)N1CCCC[C@@H]1c1nc(-c2ccc(F)c(F)c2)cs1. The largest absolute Gasteiger partial charge is 0.484 e. The summed E-state index contributed by atoms with van der Waals surface area (Å²) in [6.07, 6.45) is 2.77. The molecular weight excluding hydrogens is 394 g/mol. The number of ether oxygens (including phenoxy) is 1. The lowest BCUT2D eigenvalue weighted by atomic mass is 10.0. The molecule has 0 radical (unpaired) electrons. The maximum absolute atomic E-state index is 13.6. The van der Waals surface area contributed by atoms with E-state index in [0.717, 1.165) is 36.4 Å². The van der Waals surface area contributed by atoms with E-state index in [0.29, 0.717) is 23.6 Å². The number of hydrogen-bond donors (Lipinski definition) is 0. The topological polar surface area (TPSA) is 42.4 Å². The molecule has 4 nitrogen and oxygen atoms in total. The van der Waals surface area contributed by atoms with Crippen LogP contribution >= 0.6 is 11.3 Å². The molecule has 2 heterocycles. The summed E-state index contributed by atoms with van der Waals surface area (Å²) in [5.41, 5.74) is 1.11. The third-order valence-electron chi connectivity index (χ3n) is 4.95. The van der Waals surface area contributed by atoms with E-state index in [2.05, 4.69) is 4.98 Å². The second-order valence-electron chi connectivity index (χ2n) is 6.90. The highest BCUT2D eigenvalue weighted by Crippen LogP contribution is 2.35. The van der Waals surface area contributed by atoms with Crippen LogP contribution in [0.25, 0.3) is 11.3 Å². The van der Waals surface area contributed by atoms with Crippen LogP contribution in [0.3, 0.4) is 0 Å². The summed E-state index contributed by atoms with van der Waals surface area (Å²) in [6, 6.07) is 12.9. The Balaban J connectivity index is 1.49. The van der Waals surface area contributed by atoms with Crippen LogP contribution in [0.4, 0.5) is 8.78 Å². The van der Waals surface area contributed by atoms with Crippen molar-refractivity contribution in [2.24, 2.45) is 0 Å². The fourth-order valence-corrected chi connectivity index (χ4v) is 4.43. The van der Waals surface area contributed by atoms with E-state index < -0.39 is 11.6 Å². The van der Waals surface area contributed by atoms with E-state index in [1.165, 1.54) is 17.4 Å². The number of benzene rings is 2.